The van der Waals surface area contributed by atoms with Crippen LogP contribution >= 0.6 is 0 Å². The zero-order chi connectivity index (χ0) is 7.56. The van der Waals surface area contributed by atoms with Crippen LogP contribution in [0.2, 0.25) is 0 Å². The third kappa shape index (κ3) is 1.36. The first kappa shape index (κ1) is 6.84. The highest BCUT2D eigenvalue weighted by molar-refractivity contribution is 5.88. The van der Waals surface area contributed by atoms with E-state index in [9.17, 15) is 4.79 Å². The Labute approximate surface area is 60.1 Å². The third-order valence-electron chi connectivity index (χ3n) is 1.26. The van der Waals surface area contributed by atoms with E-state index >= 15 is 0 Å². The van der Waals surface area contributed by atoms with Gasteiger partial charge in [0.25, 0.3) is 5.91 Å². The van der Waals surface area contributed by atoms with E-state index in [0.29, 0.717) is 0 Å². The normalized spacial score (nSPS) is 17.2. The van der Waals surface area contributed by atoms with Gasteiger partial charge in [-0.15, -0.1) is 5.73 Å². The van der Waals surface area contributed by atoms with E-state index in [2.05, 4.69) is 5.73 Å². The first-order chi connectivity index (χ1) is 4.70. The summed E-state index contributed by atoms with van der Waals surface area (Å²) < 4.78 is 0. The molecule has 1 aliphatic rings. The lowest BCUT2D eigenvalue weighted by molar-refractivity contribution is -0.122. The Balaban J connectivity index is 2.99. The highest BCUT2D eigenvalue weighted by Gasteiger charge is 2.01. The molecular formula is C8H9NO. The number of allylic oxidation sites excluding steroid dienone is 1. The number of nitrogens with zero attached hydrogens (tertiary/aromatic N) is 1. The summed E-state index contributed by atoms with van der Waals surface area (Å²) in [6.45, 7) is 1.93. The van der Waals surface area contributed by atoms with Crippen LogP contribution in [0.1, 0.15) is 6.92 Å². The Kier molecular flexibility index (Phi) is 1.74. The zero-order valence-electron chi connectivity index (χ0n) is 6.09. The number of carbonyl (C=O) groups excluding carboxylic acids is 1. The Morgan fingerprint density at radius 2 is 2.20 bits per heavy atom. The molecule has 1 aliphatic heterocycles. The molecule has 0 bridgehead atoms. The fourth-order valence-electron chi connectivity index (χ4n) is 0.753. The molecule has 0 atom stereocenters. The van der Waals surface area contributed by atoms with Crippen LogP contribution in [0.5, 0.6) is 0 Å². The molecule has 52 valence electrons. The minimum absolute atomic E-state index is 0.0342. The average Bonchev–Trinajstić information content (AvgIpc) is 1.96. The number of rotatable bonds is 0. The van der Waals surface area contributed by atoms with Gasteiger partial charge in [-0.05, 0) is 18.6 Å². The topological polar surface area (TPSA) is 20.3 Å². The van der Waals surface area contributed by atoms with Crippen molar-refractivity contribution in [3.8, 4) is 0 Å². The summed E-state index contributed by atoms with van der Waals surface area (Å²) in [5, 5.41) is 0. The van der Waals surface area contributed by atoms with E-state index in [1.54, 1.807) is 19.3 Å². The van der Waals surface area contributed by atoms with Crippen molar-refractivity contribution < 1.29 is 4.79 Å². The molecule has 0 aliphatic carbocycles. The van der Waals surface area contributed by atoms with Gasteiger partial charge in [0, 0.05) is 19.3 Å². The SMILES string of the molecule is CC1=CN(C)C(=O)C=C=C1. The smallest absolute Gasteiger partial charge is 0.258 e. The number of hydrogen-bond donors (Lipinski definition) is 0. The molecule has 0 unspecified atom stereocenters. The molecule has 0 radical (unpaired) electrons. The molecule has 0 aromatic carbocycles. The van der Waals surface area contributed by atoms with Crippen LogP contribution in [0.3, 0.4) is 0 Å². The van der Waals surface area contributed by atoms with Crippen molar-refractivity contribution in [1.29, 1.82) is 0 Å². The molecule has 2 nitrogen and oxygen atoms in total. The van der Waals surface area contributed by atoms with Gasteiger partial charge in [0.2, 0.25) is 0 Å². The van der Waals surface area contributed by atoms with Crippen molar-refractivity contribution in [3.63, 3.8) is 0 Å². The van der Waals surface area contributed by atoms with Crippen LogP contribution in [0.25, 0.3) is 0 Å². The monoisotopic (exact) mass is 135 g/mol. The second kappa shape index (κ2) is 2.54. The average molecular weight is 135 g/mol. The molecule has 0 saturated carbocycles. The van der Waals surface area contributed by atoms with Crippen LogP contribution in [0.15, 0.2) is 29.7 Å². The highest BCUT2D eigenvalue weighted by atomic mass is 16.2. The summed E-state index contributed by atoms with van der Waals surface area (Å²) >= 11 is 0. The van der Waals surface area contributed by atoms with Crippen LogP contribution in [0, 0.1) is 0 Å². The van der Waals surface area contributed by atoms with Gasteiger partial charge in [-0.1, -0.05) is 0 Å². The predicted octanol–water partition coefficient (Wildman–Crippen LogP) is 1.07. The molecule has 2 heteroatoms. The predicted molar refractivity (Wildman–Crippen MR) is 39.2 cm³/mol. The van der Waals surface area contributed by atoms with Gasteiger partial charge in [0.15, 0.2) is 0 Å². The van der Waals surface area contributed by atoms with Crippen molar-refractivity contribution in [2.45, 2.75) is 6.92 Å². The molecule has 0 aromatic heterocycles. The second-order valence-electron chi connectivity index (χ2n) is 2.28. The number of carbonyl (C=O) groups is 1. The second-order valence-corrected chi connectivity index (χ2v) is 2.28. The van der Waals surface area contributed by atoms with Gasteiger partial charge in [-0.2, -0.15) is 0 Å². The van der Waals surface area contributed by atoms with E-state index in [0.717, 1.165) is 5.57 Å². The molecular weight excluding hydrogens is 126 g/mol. The standard InChI is InChI=1S/C8H9NO/c1-7-4-3-5-8(10)9(2)6-7/h4-6H,1-2H3. The number of amides is 1. The summed E-state index contributed by atoms with van der Waals surface area (Å²) in [4.78, 5) is 12.4. The van der Waals surface area contributed by atoms with Crippen LogP contribution in [-0.2, 0) is 4.79 Å². The Bertz CT molecular complexity index is 244. The number of hydrogen-bond acceptors (Lipinski definition) is 1. The van der Waals surface area contributed by atoms with E-state index in [1.807, 2.05) is 6.92 Å². The van der Waals surface area contributed by atoms with E-state index < -0.39 is 0 Å². The van der Waals surface area contributed by atoms with Gasteiger partial charge in [0.1, 0.15) is 0 Å². The van der Waals surface area contributed by atoms with Crippen LogP contribution < -0.4 is 0 Å². The van der Waals surface area contributed by atoms with Crippen molar-refractivity contribution in [2.24, 2.45) is 0 Å². The van der Waals surface area contributed by atoms with E-state index in [1.165, 1.54) is 11.0 Å². The minimum atomic E-state index is -0.0342. The quantitative estimate of drug-likeness (QED) is 0.455. The summed E-state index contributed by atoms with van der Waals surface area (Å²) in [5.74, 6) is -0.0342. The number of likely N-dealkylation sites (N-methyl/N-ethyl adjacent to an activating group) is 1. The summed E-state index contributed by atoms with van der Waals surface area (Å²) in [7, 11) is 1.73. The molecule has 1 rings (SSSR count). The van der Waals surface area contributed by atoms with Gasteiger partial charge in [0.05, 0.1) is 0 Å². The lowest BCUT2D eigenvalue weighted by Crippen LogP contribution is -2.17. The molecule has 10 heavy (non-hydrogen) atoms. The van der Waals surface area contributed by atoms with Crippen molar-refractivity contribution in [1.82, 2.24) is 4.90 Å². The first-order valence-electron chi connectivity index (χ1n) is 3.08. The molecule has 0 fully saturated rings. The van der Waals surface area contributed by atoms with Crippen LogP contribution in [-0.4, -0.2) is 17.9 Å². The molecule has 0 spiro atoms. The lowest BCUT2D eigenvalue weighted by Gasteiger charge is -2.06. The largest absolute Gasteiger partial charge is 0.318 e. The first-order valence-corrected chi connectivity index (χ1v) is 3.08. The van der Waals surface area contributed by atoms with E-state index in [-0.39, 0.29) is 5.91 Å². The van der Waals surface area contributed by atoms with Crippen molar-refractivity contribution in [2.75, 3.05) is 7.05 Å². The maximum Gasteiger partial charge on any atom is 0.258 e. The minimum Gasteiger partial charge on any atom is -0.318 e. The third-order valence-corrected chi connectivity index (χ3v) is 1.26. The fraction of sp³-hybridized carbons (Fsp3) is 0.250. The van der Waals surface area contributed by atoms with Gasteiger partial charge < -0.3 is 4.90 Å². The van der Waals surface area contributed by atoms with Crippen LogP contribution in [0.4, 0.5) is 0 Å². The Morgan fingerprint density at radius 3 is 2.90 bits per heavy atom. The van der Waals surface area contributed by atoms with Crippen molar-refractivity contribution in [3.05, 3.63) is 29.7 Å². The highest BCUT2D eigenvalue weighted by Crippen LogP contribution is 2.00. The summed E-state index contributed by atoms with van der Waals surface area (Å²) in [6, 6.07) is 0. The molecule has 1 heterocycles. The maximum atomic E-state index is 10.9. The molecule has 0 saturated heterocycles. The van der Waals surface area contributed by atoms with Gasteiger partial charge >= 0.3 is 0 Å². The molecule has 1 amide bonds. The Morgan fingerprint density at radius 1 is 1.50 bits per heavy atom. The lowest BCUT2D eigenvalue weighted by atomic mass is 10.3. The van der Waals surface area contributed by atoms with Crippen molar-refractivity contribution >= 4 is 5.91 Å². The fourth-order valence-corrected chi connectivity index (χ4v) is 0.753. The summed E-state index contributed by atoms with van der Waals surface area (Å²) in [6.07, 6.45) is 4.98. The van der Waals surface area contributed by atoms with Gasteiger partial charge in [-0.25, -0.2) is 0 Å². The Hall–Kier alpha value is -1.27. The summed E-state index contributed by atoms with van der Waals surface area (Å²) in [5.41, 5.74) is 3.80. The van der Waals surface area contributed by atoms with E-state index in [4.69, 9.17) is 0 Å². The molecule has 0 N–H and O–H groups in total. The zero-order valence-corrected chi connectivity index (χ0v) is 6.09. The molecule has 0 aromatic rings. The maximum absolute atomic E-state index is 10.9. The van der Waals surface area contributed by atoms with Gasteiger partial charge in [-0.3, -0.25) is 4.79 Å².